The van der Waals surface area contributed by atoms with Crippen LogP contribution in [-0.2, 0) is 0 Å². The molecule has 0 saturated carbocycles. The van der Waals surface area contributed by atoms with Gasteiger partial charge in [-0.25, -0.2) is 0 Å². The SMILES string of the molecule is CCNC(C)c1ccc(OCCN2CCN(C)CC2)cc1. The summed E-state index contributed by atoms with van der Waals surface area (Å²) >= 11 is 0. The molecule has 0 amide bonds. The highest BCUT2D eigenvalue weighted by atomic mass is 16.5. The van der Waals surface area contributed by atoms with Gasteiger partial charge in [0.25, 0.3) is 0 Å². The molecule has 2 rings (SSSR count). The maximum absolute atomic E-state index is 5.85. The fourth-order valence-corrected chi connectivity index (χ4v) is 2.64. The summed E-state index contributed by atoms with van der Waals surface area (Å²) in [4.78, 5) is 4.85. The molecule has 4 nitrogen and oxygen atoms in total. The summed E-state index contributed by atoms with van der Waals surface area (Å²) < 4.78 is 5.85. The second-order valence-electron chi connectivity index (χ2n) is 5.84. The molecule has 21 heavy (non-hydrogen) atoms. The highest BCUT2D eigenvalue weighted by Gasteiger charge is 2.13. The molecule has 1 saturated heterocycles. The Morgan fingerprint density at radius 1 is 1.14 bits per heavy atom. The molecule has 1 aliphatic heterocycles. The molecule has 1 aromatic rings. The van der Waals surface area contributed by atoms with Crippen LogP contribution in [0.1, 0.15) is 25.5 Å². The minimum Gasteiger partial charge on any atom is -0.492 e. The fourth-order valence-electron chi connectivity index (χ4n) is 2.64. The van der Waals surface area contributed by atoms with E-state index in [1.165, 1.54) is 5.56 Å². The number of benzene rings is 1. The van der Waals surface area contributed by atoms with Crippen LogP contribution in [0.5, 0.6) is 5.75 Å². The Kier molecular flexibility index (Phi) is 6.49. The van der Waals surface area contributed by atoms with Crippen LogP contribution in [0, 0.1) is 0 Å². The van der Waals surface area contributed by atoms with Crippen LogP contribution >= 0.6 is 0 Å². The van der Waals surface area contributed by atoms with Gasteiger partial charge in [0.15, 0.2) is 0 Å². The van der Waals surface area contributed by atoms with E-state index in [0.29, 0.717) is 6.04 Å². The Labute approximate surface area is 129 Å². The van der Waals surface area contributed by atoms with Gasteiger partial charge in [-0.2, -0.15) is 0 Å². The van der Waals surface area contributed by atoms with Crippen molar-refractivity contribution in [3.63, 3.8) is 0 Å². The van der Waals surface area contributed by atoms with E-state index in [1.54, 1.807) is 0 Å². The van der Waals surface area contributed by atoms with Crippen molar-refractivity contribution in [2.45, 2.75) is 19.9 Å². The van der Waals surface area contributed by atoms with Crippen LogP contribution < -0.4 is 10.1 Å². The van der Waals surface area contributed by atoms with E-state index in [1.807, 2.05) is 0 Å². The monoisotopic (exact) mass is 291 g/mol. The number of nitrogens with zero attached hydrogens (tertiary/aromatic N) is 2. The van der Waals surface area contributed by atoms with E-state index in [4.69, 9.17) is 4.74 Å². The number of hydrogen-bond acceptors (Lipinski definition) is 4. The van der Waals surface area contributed by atoms with Crippen LogP contribution in [0.4, 0.5) is 0 Å². The van der Waals surface area contributed by atoms with Gasteiger partial charge >= 0.3 is 0 Å². The highest BCUT2D eigenvalue weighted by molar-refractivity contribution is 5.28. The topological polar surface area (TPSA) is 27.7 Å². The lowest BCUT2D eigenvalue weighted by atomic mass is 10.1. The lowest BCUT2D eigenvalue weighted by Crippen LogP contribution is -2.45. The summed E-state index contributed by atoms with van der Waals surface area (Å²) in [6.45, 7) is 11.7. The van der Waals surface area contributed by atoms with Gasteiger partial charge in [-0.1, -0.05) is 19.1 Å². The molecule has 0 aliphatic carbocycles. The van der Waals surface area contributed by atoms with Gasteiger partial charge in [-0.05, 0) is 38.2 Å². The van der Waals surface area contributed by atoms with Gasteiger partial charge < -0.3 is 15.0 Å². The molecule has 0 spiro atoms. The largest absolute Gasteiger partial charge is 0.492 e. The van der Waals surface area contributed by atoms with E-state index in [0.717, 1.165) is 51.6 Å². The first-order chi connectivity index (χ1) is 10.2. The Balaban J connectivity index is 1.71. The molecule has 4 heteroatoms. The van der Waals surface area contributed by atoms with Crippen molar-refractivity contribution in [2.24, 2.45) is 0 Å². The number of nitrogens with one attached hydrogen (secondary N) is 1. The maximum Gasteiger partial charge on any atom is 0.119 e. The number of piperazine rings is 1. The van der Waals surface area contributed by atoms with Gasteiger partial charge in [0, 0.05) is 38.8 Å². The molecule has 0 bridgehead atoms. The zero-order chi connectivity index (χ0) is 15.1. The maximum atomic E-state index is 5.85. The summed E-state index contributed by atoms with van der Waals surface area (Å²) in [6, 6.07) is 8.85. The third-order valence-corrected chi connectivity index (χ3v) is 4.16. The first-order valence-electron chi connectivity index (χ1n) is 8.06. The van der Waals surface area contributed by atoms with Crippen LogP contribution in [0.3, 0.4) is 0 Å². The number of hydrogen-bond donors (Lipinski definition) is 1. The molecule has 1 heterocycles. The zero-order valence-electron chi connectivity index (χ0n) is 13.6. The quantitative estimate of drug-likeness (QED) is 0.831. The van der Waals surface area contributed by atoms with Crippen LogP contribution in [0.15, 0.2) is 24.3 Å². The predicted molar refractivity (Wildman–Crippen MR) is 88.0 cm³/mol. The molecule has 1 N–H and O–H groups in total. The number of likely N-dealkylation sites (N-methyl/N-ethyl adjacent to an activating group) is 1. The summed E-state index contributed by atoms with van der Waals surface area (Å²) in [6.07, 6.45) is 0. The average molecular weight is 291 g/mol. The summed E-state index contributed by atoms with van der Waals surface area (Å²) in [5, 5.41) is 3.42. The summed E-state index contributed by atoms with van der Waals surface area (Å²) in [5.74, 6) is 0.969. The second-order valence-corrected chi connectivity index (χ2v) is 5.84. The van der Waals surface area contributed by atoms with Crippen molar-refractivity contribution in [1.82, 2.24) is 15.1 Å². The Hall–Kier alpha value is -1.10. The molecular formula is C17H29N3O. The Morgan fingerprint density at radius 3 is 2.43 bits per heavy atom. The molecular weight excluding hydrogens is 262 g/mol. The van der Waals surface area contributed by atoms with Crippen LogP contribution in [0.2, 0.25) is 0 Å². The Morgan fingerprint density at radius 2 is 1.81 bits per heavy atom. The van der Waals surface area contributed by atoms with Gasteiger partial charge in [0.05, 0.1) is 0 Å². The summed E-state index contributed by atoms with van der Waals surface area (Å²) in [5.41, 5.74) is 1.31. The number of ether oxygens (including phenoxy) is 1. The van der Waals surface area contributed by atoms with Crippen molar-refractivity contribution in [3.8, 4) is 5.75 Å². The van der Waals surface area contributed by atoms with E-state index in [2.05, 4.69) is 60.3 Å². The Bertz CT molecular complexity index is 399. The number of rotatable bonds is 7. The van der Waals surface area contributed by atoms with Gasteiger partial charge in [-0.3, -0.25) is 4.90 Å². The molecule has 1 unspecified atom stereocenters. The highest BCUT2D eigenvalue weighted by Crippen LogP contribution is 2.17. The van der Waals surface area contributed by atoms with Gasteiger partial charge in [-0.15, -0.1) is 0 Å². The third kappa shape index (κ3) is 5.30. The fraction of sp³-hybridized carbons (Fsp3) is 0.647. The molecule has 0 radical (unpaired) electrons. The first-order valence-corrected chi connectivity index (χ1v) is 8.06. The van der Waals surface area contributed by atoms with Crippen molar-refractivity contribution in [2.75, 3.05) is 52.9 Å². The first kappa shape index (κ1) is 16.3. The molecule has 0 aromatic heterocycles. The predicted octanol–water partition coefficient (Wildman–Crippen LogP) is 1.98. The van der Waals surface area contributed by atoms with Gasteiger partial charge in [0.1, 0.15) is 12.4 Å². The molecule has 118 valence electrons. The van der Waals surface area contributed by atoms with E-state index in [9.17, 15) is 0 Å². The van der Waals surface area contributed by atoms with E-state index < -0.39 is 0 Å². The minimum absolute atomic E-state index is 0.398. The van der Waals surface area contributed by atoms with Crippen LogP contribution in [-0.4, -0.2) is 62.7 Å². The molecule has 1 aromatic carbocycles. The van der Waals surface area contributed by atoms with Crippen molar-refractivity contribution in [3.05, 3.63) is 29.8 Å². The standard InChI is InChI=1S/C17H29N3O/c1-4-18-15(2)16-5-7-17(8-6-16)21-14-13-20-11-9-19(3)10-12-20/h5-8,15,18H,4,9-14H2,1-3H3. The summed E-state index contributed by atoms with van der Waals surface area (Å²) in [7, 11) is 2.18. The molecule has 1 atom stereocenters. The van der Waals surface area contributed by atoms with Crippen molar-refractivity contribution in [1.29, 1.82) is 0 Å². The molecule has 1 fully saturated rings. The smallest absolute Gasteiger partial charge is 0.119 e. The van der Waals surface area contributed by atoms with Gasteiger partial charge in [0.2, 0.25) is 0 Å². The lowest BCUT2D eigenvalue weighted by molar-refractivity contribution is 0.133. The zero-order valence-corrected chi connectivity index (χ0v) is 13.6. The third-order valence-electron chi connectivity index (χ3n) is 4.16. The van der Waals surface area contributed by atoms with Crippen molar-refractivity contribution >= 4 is 0 Å². The minimum atomic E-state index is 0.398. The van der Waals surface area contributed by atoms with Crippen molar-refractivity contribution < 1.29 is 4.74 Å². The van der Waals surface area contributed by atoms with Crippen LogP contribution in [0.25, 0.3) is 0 Å². The molecule has 1 aliphatic rings. The normalized spacial score (nSPS) is 18.6. The lowest BCUT2D eigenvalue weighted by Gasteiger charge is -2.32. The average Bonchev–Trinajstić information content (AvgIpc) is 2.50. The van der Waals surface area contributed by atoms with E-state index >= 15 is 0 Å². The van der Waals surface area contributed by atoms with E-state index in [-0.39, 0.29) is 0 Å². The second kappa shape index (κ2) is 8.37.